The van der Waals surface area contributed by atoms with E-state index in [0.29, 0.717) is 28.6 Å². The van der Waals surface area contributed by atoms with E-state index in [9.17, 15) is 4.79 Å². The first-order chi connectivity index (χ1) is 12.6. The molecule has 0 saturated heterocycles. The smallest absolute Gasteiger partial charge is 0.223 e. The summed E-state index contributed by atoms with van der Waals surface area (Å²) in [5, 5.41) is 14.4. The van der Waals surface area contributed by atoms with E-state index >= 15 is 0 Å². The summed E-state index contributed by atoms with van der Waals surface area (Å²) in [6, 6.07) is 2.61. The standard InChI is InChI=1S/C18H23ClN6O/c1-10(26)21-12-4-6-13(7-5-12)22-18-20-9-14(19)17(23-18)16-8-15(24-25-16)11-2-3-11/h8-9,11-13H,2-7H2,1H3,(H,21,26)(H,24,25)(H,20,22,23)/t12-,13-. The lowest BCUT2D eigenvalue weighted by molar-refractivity contribution is -0.119. The third-order valence-corrected chi connectivity index (χ3v) is 5.35. The van der Waals surface area contributed by atoms with Crippen molar-refractivity contribution in [1.29, 1.82) is 0 Å². The molecule has 0 aromatic carbocycles. The molecule has 0 atom stereocenters. The Hall–Kier alpha value is -2.15. The highest BCUT2D eigenvalue weighted by Gasteiger charge is 2.26. The fourth-order valence-corrected chi connectivity index (χ4v) is 3.72. The lowest BCUT2D eigenvalue weighted by Gasteiger charge is -2.29. The molecule has 0 unspecified atom stereocenters. The van der Waals surface area contributed by atoms with Crippen LogP contribution in [0.4, 0.5) is 5.95 Å². The third kappa shape index (κ3) is 3.98. The zero-order valence-electron chi connectivity index (χ0n) is 14.8. The molecule has 2 heterocycles. The highest BCUT2D eigenvalue weighted by molar-refractivity contribution is 6.32. The van der Waals surface area contributed by atoms with Gasteiger partial charge < -0.3 is 10.6 Å². The molecule has 2 fully saturated rings. The van der Waals surface area contributed by atoms with Gasteiger partial charge in [0.15, 0.2) is 0 Å². The predicted molar refractivity (Wildman–Crippen MR) is 100 cm³/mol. The van der Waals surface area contributed by atoms with Crippen molar-refractivity contribution in [2.75, 3.05) is 5.32 Å². The number of aromatic amines is 1. The fraction of sp³-hybridized carbons (Fsp3) is 0.556. The normalized spacial score (nSPS) is 22.8. The third-order valence-electron chi connectivity index (χ3n) is 5.07. The molecule has 2 aromatic rings. The fourth-order valence-electron chi connectivity index (χ4n) is 3.53. The molecule has 4 rings (SSSR count). The maximum atomic E-state index is 11.2. The van der Waals surface area contributed by atoms with Crippen LogP contribution >= 0.6 is 11.6 Å². The van der Waals surface area contributed by atoms with Crippen LogP contribution in [-0.2, 0) is 4.79 Å². The summed E-state index contributed by atoms with van der Waals surface area (Å²) in [7, 11) is 0. The van der Waals surface area contributed by atoms with Gasteiger partial charge in [0.2, 0.25) is 11.9 Å². The number of halogens is 1. The number of aromatic nitrogens is 4. The molecule has 2 aromatic heterocycles. The molecule has 0 aliphatic heterocycles. The lowest BCUT2D eigenvalue weighted by Crippen LogP contribution is -2.39. The van der Waals surface area contributed by atoms with Gasteiger partial charge in [0.05, 0.1) is 11.2 Å². The first-order valence-electron chi connectivity index (χ1n) is 9.20. The Kier molecular flexibility index (Phi) is 4.80. The summed E-state index contributed by atoms with van der Waals surface area (Å²) in [4.78, 5) is 20.1. The van der Waals surface area contributed by atoms with Crippen LogP contribution in [0.15, 0.2) is 12.3 Å². The minimum atomic E-state index is 0.0386. The van der Waals surface area contributed by atoms with Gasteiger partial charge in [-0.25, -0.2) is 9.97 Å². The van der Waals surface area contributed by atoms with Gasteiger partial charge in [0.25, 0.3) is 0 Å². The molecule has 2 saturated carbocycles. The van der Waals surface area contributed by atoms with Gasteiger partial charge in [-0.1, -0.05) is 11.6 Å². The Morgan fingerprint density at radius 1 is 1.19 bits per heavy atom. The van der Waals surface area contributed by atoms with E-state index in [2.05, 4.69) is 30.8 Å². The molecule has 138 valence electrons. The van der Waals surface area contributed by atoms with Crippen molar-refractivity contribution in [2.45, 2.75) is 63.5 Å². The quantitative estimate of drug-likeness (QED) is 0.746. The summed E-state index contributed by atoms with van der Waals surface area (Å²) in [5.41, 5.74) is 2.57. The van der Waals surface area contributed by atoms with Crippen molar-refractivity contribution in [2.24, 2.45) is 0 Å². The average molecular weight is 375 g/mol. The first kappa shape index (κ1) is 17.3. The number of anilines is 1. The zero-order chi connectivity index (χ0) is 18.1. The molecular formula is C18H23ClN6O. The molecule has 7 nitrogen and oxygen atoms in total. The maximum Gasteiger partial charge on any atom is 0.223 e. The second kappa shape index (κ2) is 7.23. The Labute approximate surface area is 157 Å². The minimum Gasteiger partial charge on any atom is -0.354 e. The monoisotopic (exact) mass is 374 g/mol. The Morgan fingerprint density at radius 2 is 1.92 bits per heavy atom. The molecule has 0 spiro atoms. The summed E-state index contributed by atoms with van der Waals surface area (Å²) in [6.45, 7) is 1.57. The number of carbonyl (C=O) groups excluding carboxylic acids is 1. The molecule has 26 heavy (non-hydrogen) atoms. The predicted octanol–water partition coefficient (Wildman–Crippen LogP) is 3.26. The number of H-pyrrole nitrogens is 1. The van der Waals surface area contributed by atoms with E-state index in [1.54, 1.807) is 13.1 Å². The molecule has 2 aliphatic rings. The average Bonchev–Trinajstić information content (AvgIpc) is 3.35. The van der Waals surface area contributed by atoms with Crippen molar-refractivity contribution >= 4 is 23.5 Å². The van der Waals surface area contributed by atoms with E-state index in [1.807, 2.05) is 6.07 Å². The van der Waals surface area contributed by atoms with Crippen molar-refractivity contribution in [3.8, 4) is 11.4 Å². The van der Waals surface area contributed by atoms with Crippen LogP contribution in [0.25, 0.3) is 11.4 Å². The Morgan fingerprint density at radius 3 is 2.62 bits per heavy atom. The maximum absolute atomic E-state index is 11.2. The molecule has 0 radical (unpaired) electrons. The number of rotatable bonds is 5. The number of hydrogen-bond donors (Lipinski definition) is 3. The van der Waals surface area contributed by atoms with Gasteiger partial charge in [0.1, 0.15) is 11.4 Å². The van der Waals surface area contributed by atoms with E-state index in [-0.39, 0.29) is 11.9 Å². The number of hydrogen-bond acceptors (Lipinski definition) is 5. The SMILES string of the molecule is CC(=O)N[C@H]1CC[C@H](Nc2ncc(Cl)c(-c3cc(C4CC4)[nH]n3)n2)CC1. The van der Waals surface area contributed by atoms with Crippen LogP contribution in [0.3, 0.4) is 0 Å². The van der Waals surface area contributed by atoms with E-state index < -0.39 is 0 Å². The van der Waals surface area contributed by atoms with E-state index in [1.165, 1.54) is 12.8 Å². The molecule has 8 heteroatoms. The largest absolute Gasteiger partial charge is 0.354 e. The molecule has 1 amide bonds. The van der Waals surface area contributed by atoms with Gasteiger partial charge in [-0.15, -0.1) is 0 Å². The molecule has 3 N–H and O–H groups in total. The van der Waals surface area contributed by atoms with Crippen molar-refractivity contribution in [1.82, 2.24) is 25.5 Å². The van der Waals surface area contributed by atoms with Crippen LogP contribution in [0.2, 0.25) is 5.02 Å². The summed E-state index contributed by atoms with van der Waals surface area (Å²) in [6.07, 6.45) is 7.92. The molecule has 0 bridgehead atoms. The van der Waals surface area contributed by atoms with E-state index in [0.717, 1.165) is 37.1 Å². The lowest BCUT2D eigenvalue weighted by atomic mass is 9.91. The van der Waals surface area contributed by atoms with Gasteiger partial charge in [-0.3, -0.25) is 9.89 Å². The van der Waals surface area contributed by atoms with Crippen LogP contribution < -0.4 is 10.6 Å². The first-order valence-corrected chi connectivity index (χ1v) is 9.58. The number of nitrogens with zero attached hydrogens (tertiary/aromatic N) is 3. The van der Waals surface area contributed by atoms with E-state index in [4.69, 9.17) is 11.6 Å². The Balaban J connectivity index is 1.42. The number of amides is 1. The Bertz CT molecular complexity index is 795. The van der Waals surface area contributed by atoms with Crippen molar-refractivity contribution in [3.63, 3.8) is 0 Å². The van der Waals surface area contributed by atoms with Crippen LogP contribution in [0.1, 0.15) is 57.1 Å². The highest BCUT2D eigenvalue weighted by atomic mass is 35.5. The minimum absolute atomic E-state index is 0.0386. The van der Waals surface area contributed by atoms with Crippen LogP contribution in [0.5, 0.6) is 0 Å². The van der Waals surface area contributed by atoms with Gasteiger partial charge in [0, 0.05) is 30.6 Å². The second-order valence-corrected chi connectivity index (χ2v) is 7.67. The number of nitrogens with one attached hydrogen (secondary N) is 3. The van der Waals surface area contributed by atoms with Gasteiger partial charge >= 0.3 is 0 Å². The molecular weight excluding hydrogens is 352 g/mol. The van der Waals surface area contributed by atoms with Crippen LogP contribution in [0, 0.1) is 0 Å². The summed E-state index contributed by atoms with van der Waals surface area (Å²) < 4.78 is 0. The second-order valence-electron chi connectivity index (χ2n) is 7.27. The topological polar surface area (TPSA) is 95.6 Å². The number of carbonyl (C=O) groups is 1. The van der Waals surface area contributed by atoms with Crippen molar-refractivity contribution in [3.05, 3.63) is 23.0 Å². The molecule has 2 aliphatic carbocycles. The van der Waals surface area contributed by atoms with Crippen molar-refractivity contribution < 1.29 is 4.79 Å². The summed E-state index contributed by atoms with van der Waals surface area (Å²) in [5.74, 6) is 1.22. The highest BCUT2D eigenvalue weighted by Crippen LogP contribution is 2.40. The summed E-state index contributed by atoms with van der Waals surface area (Å²) >= 11 is 6.30. The van der Waals surface area contributed by atoms with Gasteiger partial charge in [-0.2, -0.15) is 5.10 Å². The van der Waals surface area contributed by atoms with Crippen LogP contribution in [-0.4, -0.2) is 38.2 Å². The van der Waals surface area contributed by atoms with Gasteiger partial charge in [-0.05, 0) is 44.6 Å². The zero-order valence-corrected chi connectivity index (χ0v) is 15.5.